The van der Waals surface area contributed by atoms with Crippen LogP contribution in [0.3, 0.4) is 0 Å². The Bertz CT molecular complexity index is 185. The van der Waals surface area contributed by atoms with Crippen molar-refractivity contribution in [1.29, 1.82) is 0 Å². The first kappa shape index (κ1) is 9.19. The lowest BCUT2D eigenvalue weighted by molar-refractivity contribution is -0.128. The van der Waals surface area contributed by atoms with Crippen LogP contribution in [0.4, 0.5) is 4.39 Å². The highest BCUT2D eigenvalue weighted by Gasteiger charge is 2.17. The lowest BCUT2D eigenvalue weighted by Crippen LogP contribution is -2.33. The summed E-state index contributed by atoms with van der Waals surface area (Å²) in [4.78, 5) is 12.5. The summed E-state index contributed by atoms with van der Waals surface area (Å²) in [5.74, 6) is -1.50. The van der Waals surface area contributed by atoms with Crippen LogP contribution in [0.15, 0.2) is 12.4 Å². The summed E-state index contributed by atoms with van der Waals surface area (Å²) in [5, 5.41) is 0. The molecule has 4 heteroatoms. The standard InChI is InChI=1S/C8H12FNO2/c1-7(9)8(11)10-3-2-5-12-6-4-10/h1-6H2. The second kappa shape index (κ2) is 4.21. The summed E-state index contributed by atoms with van der Waals surface area (Å²) >= 11 is 0. The molecule has 0 radical (unpaired) electrons. The van der Waals surface area contributed by atoms with Crippen molar-refractivity contribution in [3.05, 3.63) is 12.4 Å². The van der Waals surface area contributed by atoms with E-state index in [0.29, 0.717) is 26.3 Å². The molecule has 0 unspecified atom stereocenters. The maximum Gasteiger partial charge on any atom is 0.282 e. The van der Waals surface area contributed by atoms with E-state index in [2.05, 4.69) is 6.58 Å². The van der Waals surface area contributed by atoms with Gasteiger partial charge in [-0.05, 0) is 6.42 Å². The Morgan fingerprint density at radius 3 is 2.83 bits per heavy atom. The van der Waals surface area contributed by atoms with E-state index in [1.54, 1.807) is 0 Å². The predicted molar refractivity (Wildman–Crippen MR) is 42.3 cm³/mol. The Hall–Kier alpha value is -0.900. The monoisotopic (exact) mass is 173 g/mol. The van der Waals surface area contributed by atoms with Crippen molar-refractivity contribution in [2.24, 2.45) is 0 Å². The van der Waals surface area contributed by atoms with Gasteiger partial charge < -0.3 is 9.64 Å². The molecule has 0 aromatic rings. The molecule has 0 spiro atoms. The Balaban J connectivity index is 2.48. The van der Waals surface area contributed by atoms with Gasteiger partial charge in [-0.15, -0.1) is 0 Å². The molecule has 0 saturated carbocycles. The van der Waals surface area contributed by atoms with Crippen molar-refractivity contribution in [2.45, 2.75) is 6.42 Å². The van der Waals surface area contributed by atoms with Gasteiger partial charge in [0.1, 0.15) is 0 Å². The maximum absolute atomic E-state index is 12.4. The molecule has 1 heterocycles. The number of halogens is 1. The number of hydrogen-bond acceptors (Lipinski definition) is 2. The average molecular weight is 173 g/mol. The molecule has 1 saturated heterocycles. The molecule has 1 rings (SSSR count). The van der Waals surface area contributed by atoms with Gasteiger partial charge in [-0.1, -0.05) is 6.58 Å². The number of carbonyl (C=O) groups excluding carboxylic acids is 1. The largest absolute Gasteiger partial charge is 0.380 e. The minimum absolute atomic E-state index is 0.460. The highest BCUT2D eigenvalue weighted by Crippen LogP contribution is 2.04. The van der Waals surface area contributed by atoms with Crippen LogP contribution in [-0.4, -0.2) is 37.1 Å². The smallest absolute Gasteiger partial charge is 0.282 e. The first-order valence-electron chi connectivity index (χ1n) is 3.93. The molecule has 0 aliphatic carbocycles. The molecule has 0 atom stereocenters. The zero-order valence-electron chi connectivity index (χ0n) is 6.88. The third kappa shape index (κ3) is 2.30. The number of rotatable bonds is 1. The second-order valence-electron chi connectivity index (χ2n) is 2.66. The molecular formula is C8H12FNO2. The van der Waals surface area contributed by atoms with Crippen molar-refractivity contribution in [3.63, 3.8) is 0 Å². The van der Waals surface area contributed by atoms with Crippen molar-refractivity contribution in [1.82, 2.24) is 4.90 Å². The summed E-state index contributed by atoms with van der Waals surface area (Å²) in [5.41, 5.74) is 0. The fourth-order valence-electron chi connectivity index (χ4n) is 1.12. The van der Waals surface area contributed by atoms with Crippen LogP contribution >= 0.6 is 0 Å². The third-order valence-electron chi connectivity index (χ3n) is 1.74. The lowest BCUT2D eigenvalue weighted by atomic mass is 10.4. The van der Waals surface area contributed by atoms with E-state index in [0.717, 1.165) is 6.42 Å². The maximum atomic E-state index is 12.4. The van der Waals surface area contributed by atoms with Crippen LogP contribution in [0.2, 0.25) is 0 Å². The quantitative estimate of drug-likeness (QED) is 0.547. The van der Waals surface area contributed by atoms with Gasteiger partial charge in [0, 0.05) is 19.7 Å². The molecule has 0 aromatic heterocycles. The molecule has 1 aliphatic rings. The Kier molecular flexibility index (Phi) is 3.22. The third-order valence-corrected chi connectivity index (χ3v) is 1.74. The molecular weight excluding hydrogens is 161 g/mol. The minimum atomic E-state index is -0.892. The van der Waals surface area contributed by atoms with Crippen LogP contribution in [0.1, 0.15) is 6.42 Å². The van der Waals surface area contributed by atoms with Gasteiger partial charge in [0.25, 0.3) is 5.91 Å². The van der Waals surface area contributed by atoms with Crippen LogP contribution in [0.5, 0.6) is 0 Å². The zero-order valence-corrected chi connectivity index (χ0v) is 6.88. The first-order chi connectivity index (χ1) is 5.72. The van der Waals surface area contributed by atoms with Gasteiger partial charge in [0.15, 0.2) is 5.83 Å². The summed E-state index contributed by atoms with van der Waals surface area (Å²) < 4.78 is 17.5. The number of nitrogens with zero attached hydrogens (tertiary/aromatic N) is 1. The van der Waals surface area contributed by atoms with E-state index < -0.39 is 11.7 Å². The highest BCUT2D eigenvalue weighted by atomic mass is 19.1. The fourth-order valence-corrected chi connectivity index (χ4v) is 1.12. The predicted octanol–water partition coefficient (Wildman–Crippen LogP) is 0.718. The van der Waals surface area contributed by atoms with Crippen molar-refractivity contribution in [2.75, 3.05) is 26.3 Å². The molecule has 0 bridgehead atoms. The Morgan fingerprint density at radius 2 is 2.17 bits per heavy atom. The summed E-state index contributed by atoms with van der Waals surface area (Å²) in [6.45, 7) is 5.11. The topological polar surface area (TPSA) is 29.5 Å². The molecule has 68 valence electrons. The van der Waals surface area contributed by atoms with Crippen LogP contribution in [-0.2, 0) is 9.53 Å². The Labute approximate surface area is 70.8 Å². The van der Waals surface area contributed by atoms with E-state index in [1.807, 2.05) is 0 Å². The molecule has 1 amide bonds. The van der Waals surface area contributed by atoms with Crippen molar-refractivity contribution >= 4 is 5.91 Å². The van der Waals surface area contributed by atoms with E-state index in [1.165, 1.54) is 4.90 Å². The van der Waals surface area contributed by atoms with Gasteiger partial charge in [-0.3, -0.25) is 4.79 Å². The van der Waals surface area contributed by atoms with Gasteiger partial charge in [-0.25, -0.2) is 4.39 Å². The van der Waals surface area contributed by atoms with Crippen LogP contribution in [0, 0.1) is 0 Å². The van der Waals surface area contributed by atoms with Gasteiger partial charge in [-0.2, -0.15) is 0 Å². The normalized spacial score (nSPS) is 18.6. The molecule has 1 aliphatic heterocycles. The van der Waals surface area contributed by atoms with Gasteiger partial charge >= 0.3 is 0 Å². The van der Waals surface area contributed by atoms with Gasteiger partial charge in [0.05, 0.1) is 6.61 Å². The molecule has 12 heavy (non-hydrogen) atoms. The number of ether oxygens (including phenoxy) is 1. The molecule has 0 aromatic carbocycles. The van der Waals surface area contributed by atoms with E-state index in [4.69, 9.17) is 4.74 Å². The fraction of sp³-hybridized carbons (Fsp3) is 0.625. The van der Waals surface area contributed by atoms with E-state index >= 15 is 0 Å². The summed E-state index contributed by atoms with van der Waals surface area (Å²) in [6.07, 6.45) is 0.763. The number of amides is 1. The van der Waals surface area contributed by atoms with Gasteiger partial charge in [0.2, 0.25) is 0 Å². The molecule has 0 N–H and O–H groups in total. The SMILES string of the molecule is C=C(F)C(=O)N1CCCOCC1. The van der Waals surface area contributed by atoms with Crippen molar-refractivity contribution in [3.8, 4) is 0 Å². The summed E-state index contributed by atoms with van der Waals surface area (Å²) in [6, 6.07) is 0. The Morgan fingerprint density at radius 1 is 1.42 bits per heavy atom. The summed E-state index contributed by atoms with van der Waals surface area (Å²) in [7, 11) is 0. The lowest BCUT2D eigenvalue weighted by Gasteiger charge is -2.17. The average Bonchev–Trinajstić information content (AvgIpc) is 2.30. The van der Waals surface area contributed by atoms with E-state index in [9.17, 15) is 9.18 Å². The molecule has 1 fully saturated rings. The number of hydrogen-bond donors (Lipinski definition) is 0. The number of carbonyl (C=O) groups is 1. The van der Waals surface area contributed by atoms with E-state index in [-0.39, 0.29) is 0 Å². The molecule has 3 nitrogen and oxygen atoms in total. The second-order valence-corrected chi connectivity index (χ2v) is 2.66. The zero-order chi connectivity index (χ0) is 8.97. The van der Waals surface area contributed by atoms with Crippen LogP contribution < -0.4 is 0 Å². The highest BCUT2D eigenvalue weighted by molar-refractivity contribution is 5.90. The minimum Gasteiger partial charge on any atom is -0.380 e. The van der Waals surface area contributed by atoms with Crippen molar-refractivity contribution < 1.29 is 13.9 Å². The first-order valence-corrected chi connectivity index (χ1v) is 3.93. The van der Waals surface area contributed by atoms with Crippen LogP contribution in [0.25, 0.3) is 0 Å².